The lowest BCUT2D eigenvalue weighted by atomic mass is 9.82. The first-order chi connectivity index (χ1) is 14.9. The highest BCUT2D eigenvalue weighted by Crippen LogP contribution is 2.40. The lowest BCUT2D eigenvalue weighted by Gasteiger charge is -2.24. The Labute approximate surface area is 193 Å². The van der Waals surface area contributed by atoms with E-state index in [9.17, 15) is 21.6 Å². The molecule has 1 fully saturated rings. The summed E-state index contributed by atoms with van der Waals surface area (Å²) in [6.45, 7) is 0. The van der Waals surface area contributed by atoms with Crippen molar-refractivity contribution in [3.05, 3.63) is 41.2 Å². The van der Waals surface area contributed by atoms with Crippen molar-refractivity contribution in [3.63, 3.8) is 0 Å². The lowest BCUT2D eigenvalue weighted by molar-refractivity contribution is -0.116. The summed E-state index contributed by atoms with van der Waals surface area (Å²) in [5.74, 6) is 0.138. The van der Waals surface area contributed by atoms with E-state index in [1.807, 2.05) is 0 Å². The van der Waals surface area contributed by atoms with Gasteiger partial charge in [0.05, 0.1) is 28.6 Å². The molecule has 1 aliphatic rings. The summed E-state index contributed by atoms with van der Waals surface area (Å²) in [5, 5.41) is 2.83. The van der Waals surface area contributed by atoms with Crippen molar-refractivity contribution >= 4 is 49.0 Å². The van der Waals surface area contributed by atoms with Crippen LogP contribution < -0.4 is 10.0 Å². The third-order valence-corrected chi connectivity index (χ3v) is 7.53. The van der Waals surface area contributed by atoms with E-state index in [2.05, 4.69) is 20.0 Å². The predicted octanol–water partition coefficient (Wildman–Crippen LogP) is 3.21. The van der Waals surface area contributed by atoms with Crippen LogP contribution in [0.5, 0.6) is 0 Å². The van der Waals surface area contributed by atoms with Gasteiger partial charge in [-0.05, 0) is 42.4 Å². The van der Waals surface area contributed by atoms with E-state index >= 15 is 0 Å². The average molecular weight is 501 g/mol. The summed E-state index contributed by atoms with van der Waals surface area (Å²) in [4.78, 5) is 20.8. The molecule has 2 N–H and O–H groups in total. The summed E-state index contributed by atoms with van der Waals surface area (Å²) in [6.07, 6.45) is 8.89. The molecule has 1 aromatic carbocycles. The van der Waals surface area contributed by atoms with Gasteiger partial charge in [-0.15, -0.1) is 0 Å². The first kappa shape index (κ1) is 24.4. The number of hydrogen-bond donors (Lipinski definition) is 2. The van der Waals surface area contributed by atoms with Crippen molar-refractivity contribution in [2.75, 3.05) is 22.6 Å². The number of sulfonamides is 1. The fraction of sp³-hybridized carbons (Fsp3) is 0.450. The Hall–Kier alpha value is -2.24. The molecule has 1 amide bonds. The Kier molecular flexibility index (Phi) is 7.41. The molecule has 0 bridgehead atoms. The molecular weight excluding hydrogens is 476 g/mol. The zero-order valence-corrected chi connectivity index (χ0v) is 20.1. The van der Waals surface area contributed by atoms with Crippen LogP contribution in [0.15, 0.2) is 35.5 Å². The minimum absolute atomic E-state index is 0.0509. The molecule has 12 heteroatoms. The van der Waals surface area contributed by atoms with E-state index < -0.39 is 19.9 Å². The second kappa shape index (κ2) is 9.72. The molecule has 1 aliphatic carbocycles. The van der Waals surface area contributed by atoms with E-state index in [4.69, 9.17) is 11.6 Å². The molecule has 0 saturated heterocycles. The standard InChI is InChI=1S/C20H25ClN4O5S2/c1-31(27,28)17-8-7-14(9-16(17)21)15(13-5-3-4-6-13)10-20(26)24-18-11-23-19(12-22-18)25-32(2,29)30/h7-9,11-13,15H,3-6,10H2,1-2H3,(H,23,25)(H,22,24,26). The van der Waals surface area contributed by atoms with Crippen LogP contribution in [0, 0.1) is 5.92 Å². The number of amides is 1. The summed E-state index contributed by atoms with van der Waals surface area (Å²) in [5.41, 5.74) is 0.822. The van der Waals surface area contributed by atoms with E-state index in [-0.39, 0.29) is 45.7 Å². The van der Waals surface area contributed by atoms with Crippen LogP contribution >= 0.6 is 11.6 Å². The number of nitrogens with zero attached hydrogens (tertiary/aromatic N) is 2. The molecule has 1 saturated carbocycles. The van der Waals surface area contributed by atoms with Gasteiger partial charge in [-0.1, -0.05) is 30.5 Å². The molecule has 9 nitrogen and oxygen atoms in total. The minimum atomic E-state index is -3.47. The van der Waals surface area contributed by atoms with Gasteiger partial charge in [0.1, 0.15) is 0 Å². The highest BCUT2D eigenvalue weighted by atomic mass is 35.5. The molecule has 0 spiro atoms. The molecule has 1 aromatic heterocycles. The van der Waals surface area contributed by atoms with Gasteiger partial charge >= 0.3 is 0 Å². The van der Waals surface area contributed by atoms with E-state index in [0.717, 1.165) is 43.8 Å². The quantitative estimate of drug-likeness (QED) is 0.568. The Balaban J connectivity index is 1.76. The number of halogens is 1. The van der Waals surface area contributed by atoms with Crippen LogP contribution in [0.2, 0.25) is 5.02 Å². The first-order valence-electron chi connectivity index (χ1n) is 10.0. The number of anilines is 2. The molecule has 0 radical (unpaired) electrons. The van der Waals surface area contributed by atoms with Crippen molar-refractivity contribution in [2.24, 2.45) is 5.92 Å². The highest BCUT2D eigenvalue weighted by Gasteiger charge is 2.29. The van der Waals surface area contributed by atoms with Crippen LogP contribution in [0.1, 0.15) is 43.6 Å². The largest absolute Gasteiger partial charge is 0.309 e. The second-order valence-corrected chi connectivity index (χ2v) is 12.2. The number of benzene rings is 1. The maximum Gasteiger partial charge on any atom is 0.231 e. The monoisotopic (exact) mass is 500 g/mol. The van der Waals surface area contributed by atoms with Crippen LogP contribution in [0.25, 0.3) is 0 Å². The van der Waals surface area contributed by atoms with Gasteiger partial charge in [-0.25, -0.2) is 26.8 Å². The Morgan fingerprint density at radius 2 is 1.72 bits per heavy atom. The van der Waals surface area contributed by atoms with Crippen molar-refractivity contribution < 1.29 is 21.6 Å². The maximum absolute atomic E-state index is 12.8. The van der Waals surface area contributed by atoms with Gasteiger partial charge in [0, 0.05) is 12.7 Å². The van der Waals surface area contributed by atoms with Gasteiger partial charge in [-0.3, -0.25) is 9.52 Å². The molecule has 3 rings (SSSR count). The van der Waals surface area contributed by atoms with Gasteiger partial charge in [0.2, 0.25) is 15.9 Å². The molecule has 1 heterocycles. The van der Waals surface area contributed by atoms with Crippen molar-refractivity contribution in [1.82, 2.24) is 9.97 Å². The van der Waals surface area contributed by atoms with Gasteiger partial charge in [0.15, 0.2) is 21.5 Å². The summed E-state index contributed by atoms with van der Waals surface area (Å²) in [7, 11) is -6.92. The summed E-state index contributed by atoms with van der Waals surface area (Å²) in [6, 6.07) is 4.86. The molecule has 32 heavy (non-hydrogen) atoms. The molecule has 174 valence electrons. The number of carbonyl (C=O) groups excluding carboxylic acids is 1. The molecular formula is C20H25ClN4O5S2. The van der Waals surface area contributed by atoms with Crippen molar-refractivity contribution in [1.29, 1.82) is 0 Å². The fourth-order valence-corrected chi connectivity index (χ4v) is 5.82. The van der Waals surface area contributed by atoms with Gasteiger partial charge in [0.25, 0.3) is 0 Å². The zero-order chi connectivity index (χ0) is 23.5. The smallest absolute Gasteiger partial charge is 0.231 e. The topological polar surface area (TPSA) is 135 Å². The maximum atomic E-state index is 12.8. The number of rotatable bonds is 8. The van der Waals surface area contributed by atoms with Crippen LogP contribution in [0.3, 0.4) is 0 Å². The third-order valence-electron chi connectivity index (χ3n) is 5.37. The third kappa shape index (κ3) is 6.63. The number of hydrogen-bond acceptors (Lipinski definition) is 7. The van der Waals surface area contributed by atoms with E-state index in [1.165, 1.54) is 18.5 Å². The lowest BCUT2D eigenvalue weighted by Crippen LogP contribution is -2.21. The van der Waals surface area contributed by atoms with E-state index in [0.29, 0.717) is 0 Å². The minimum Gasteiger partial charge on any atom is -0.309 e. The number of aromatic nitrogens is 2. The fourth-order valence-electron chi connectivity index (χ4n) is 3.99. The normalized spacial score (nSPS) is 16.0. The van der Waals surface area contributed by atoms with Gasteiger partial charge < -0.3 is 5.32 Å². The number of nitrogens with one attached hydrogen (secondary N) is 2. The van der Waals surface area contributed by atoms with Gasteiger partial charge in [-0.2, -0.15) is 0 Å². The van der Waals surface area contributed by atoms with Crippen molar-refractivity contribution in [2.45, 2.75) is 42.9 Å². The Bertz CT molecular complexity index is 1190. The van der Waals surface area contributed by atoms with E-state index in [1.54, 1.807) is 12.1 Å². The van der Waals surface area contributed by atoms with Crippen LogP contribution in [0.4, 0.5) is 11.6 Å². The first-order valence-corrected chi connectivity index (χ1v) is 14.2. The summed E-state index contributed by atoms with van der Waals surface area (Å²) >= 11 is 6.24. The Morgan fingerprint density at radius 1 is 1.09 bits per heavy atom. The molecule has 2 aromatic rings. The second-order valence-electron chi connectivity index (χ2n) is 8.03. The van der Waals surface area contributed by atoms with Crippen LogP contribution in [-0.4, -0.2) is 45.2 Å². The predicted molar refractivity (Wildman–Crippen MR) is 123 cm³/mol. The number of sulfone groups is 1. The SMILES string of the molecule is CS(=O)(=O)Nc1cnc(NC(=O)CC(c2ccc(S(C)(=O)=O)c(Cl)c2)C2CCCC2)cn1. The Morgan fingerprint density at radius 3 is 2.25 bits per heavy atom. The average Bonchev–Trinajstić information content (AvgIpc) is 3.20. The molecule has 1 unspecified atom stereocenters. The zero-order valence-electron chi connectivity index (χ0n) is 17.7. The summed E-state index contributed by atoms with van der Waals surface area (Å²) < 4.78 is 48.5. The number of carbonyl (C=O) groups is 1. The molecule has 1 atom stereocenters. The van der Waals surface area contributed by atoms with Crippen molar-refractivity contribution in [3.8, 4) is 0 Å². The van der Waals surface area contributed by atoms with Crippen LogP contribution in [-0.2, 0) is 24.7 Å². The molecule has 0 aliphatic heterocycles. The highest BCUT2D eigenvalue weighted by molar-refractivity contribution is 7.92.